The minimum Gasteiger partial charge on any atom is -0.481 e. The van der Waals surface area contributed by atoms with Crippen molar-refractivity contribution in [3.8, 4) is 0 Å². The fourth-order valence-corrected chi connectivity index (χ4v) is 6.07. The van der Waals surface area contributed by atoms with Crippen molar-refractivity contribution in [2.75, 3.05) is 13.1 Å². The molecule has 1 spiro atoms. The van der Waals surface area contributed by atoms with Crippen LogP contribution in [0.25, 0.3) is 0 Å². The van der Waals surface area contributed by atoms with Gasteiger partial charge in [0.25, 0.3) is 5.91 Å². The molecular weight excluding hydrogens is 554 g/mol. The van der Waals surface area contributed by atoms with Gasteiger partial charge in [-0.1, -0.05) is 73.6 Å². The first-order chi connectivity index (χ1) is 20.6. The average molecular weight is 610 g/mol. The van der Waals surface area contributed by atoms with Crippen molar-refractivity contribution in [1.82, 2.24) is 20.2 Å². The molecular formula is C35H55N5O4. The molecule has 44 heavy (non-hydrogen) atoms. The molecule has 2 N–H and O–H groups in total. The average Bonchev–Trinajstić information content (AvgIpc) is 3.20. The molecule has 1 aliphatic heterocycles. The third-order valence-corrected chi connectivity index (χ3v) is 8.26. The minimum absolute atomic E-state index is 0.0916. The zero-order valence-corrected chi connectivity index (χ0v) is 28.4. The molecule has 9 heteroatoms. The number of carboxylic acid groups (broad SMARTS) is 1. The van der Waals surface area contributed by atoms with Crippen molar-refractivity contribution in [3.05, 3.63) is 48.1 Å². The van der Waals surface area contributed by atoms with Crippen LogP contribution in [0.3, 0.4) is 0 Å². The maximum absolute atomic E-state index is 13.6. The van der Waals surface area contributed by atoms with Crippen molar-refractivity contribution in [3.63, 3.8) is 0 Å². The van der Waals surface area contributed by atoms with E-state index in [0.717, 1.165) is 37.2 Å². The lowest BCUT2D eigenvalue weighted by Gasteiger charge is -2.42. The van der Waals surface area contributed by atoms with E-state index in [-0.39, 0.29) is 24.8 Å². The van der Waals surface area contributed by atoms with Gasteiger partial charge >= 0.3 is 5.97 Å². The summed E-state index contributed by atoms with van der Waals surface area (Å²) in [5, 5.41) is 11.4. The summed E-state index contributed by atoms with van der Waals surface area (Å²) >= 11 is 0. The zero-order chi connectivity index (χ0) is 33.1. The fourth-order valence-electron chi connectivity index (χ4n) is 6.07. The third-order valence-electron chi connectivity index (χ3n) is 8.26. The van der Waals surface area contributed by atoms with Gasteiger partial charge in [0.15, 0.2) is 0 Å². The van der Waals surface area contributed by atoms with Crippen molar-refractivity contribution < 1.29 is 19.5 Å². The third kappa shape index (κ3) is 11.3. The zero-order valence-electron chi connectivity index (χ0n) is 28.4. The molecule has 2 aliphatic rings. The Balaban J connectivity index is 0.000000742. The highest BCUT2D eigenvalue weighted by molar-refractivity contribution is 6.46. The molecule has 9 nitrogen and oxygen atoms in total. The van der Waals surface area contributed by atoms with E-state index in [0.29, 0.717) is 35.1 Å². The first-order valence-electron chi connectivity index (χ1n) is 16.1. The van der Waals surface area contributed by atoms with Gasteiger partial charge in [-0.25, -0.2) is 9.97 Å². The fraction of sp³-hybridized carbons (Fsp3) is 0.657. The van der Waals surface area contributed by atoms with Crippen LogP contribution in [0.2, 0.25) is 0 Å². The van der Waals surface area contributed by atoms with Crippen LogP contribution >= 0.6 is 0 Å². The number of carbonyl (C=O) groups excluding carboxylic acids is 2. The van der Waals surface area contributed by atoms with E-state index in [1.54, 1.807) is 25.4 Å². The van der Waals surface area contributed by atoms with Crippen LogP contribution in [-0.4, -0.2) is 62.2 Å². The van der Waals surface area contributed by atoms with Gasteiger partial charge in [0, 0.05) is 31.0 Å². The number of aromatic nitrogens is 2. The van der Waals surface area contributed by atoms with Crippen LogP contribution in [-0.2, 0) is 14.4 Å². The van der Waals surface area contributed by atoms with E-state index in [9.17, 15) is 14.4 Å². The summed E-state index contributed by atoms with van der Waals surface area (Å²) in [6.07, 6.45) is 15.1. The summed E-state index contributed by atoms with van der Waals surface area (Å²) in [5.41, 5.74) is 1.87. The summed E-state index contributed by atoms with van der Waals surface area (Å²) in [6, 6.07) is 0. The first-order valence-corrected chi connectivity index (χ1v) is 16.1. The Morgan fingerprint density at radius 3 is 2.20 bits per heavy atom. The maximum atomic E-state index is 13.6. The van der Waals surface area contributed by atoms with Crippen LogP contribution in [0.5, 0.6) is 0 Å². The largest absolute Gasteiger partial charge is 0.481 e. The van der Waals surface area contributed by atoms with Gasteiger partial charge in [-0.15, -0.1) is 0 Å². The Hall–Kier alpha value is -3.36. The molecule has 1 atom stereocenters. The lowest BCUT2D eigenvalue weighted by molar-refractivity contribution is -0.137. The number of allylic oxidation sites excluding steroid dienone is 1. The molecule has 0 bridgehead atoms. The molecule has 0 aromatic carbocycles. The van der Waals surface area contributed by atoms with Crippen LogP contribution in [0.4, 0.5) is 0 Å². The van der Waals surface area contributed by atoms with Gasteiger partial charge in [-0.3, -0.25) is 19.4 Å². The molecule has 1 aromatic rings. The lowest BCUT2D eigenvalue weighted by atomic mass is 9.76. The number of aliphatic carboxylic acids is 1. The van der Waals surface area contributed by atoms with E-state index in [1.165, 1.54) is 12.7 Å². The molecule has 0 saturated heterocycles. The van der Waals surface area contributed by atoms with Crippen molar-refractivity contribution in [2.45, 2.75) is 107 Å². The second-order valence-electron chi connectivity index (χ2n) is 14.1. The highest BCUT2D eigenvalue weighted by Crippen LogP contribution is 2.43. The van der Waals surface area contributed by atoms with Gasteiger partial charge < -0.3 is 15.3 Å². The molecule has 1 unspecified atom stereocenters. The van der Waals surface area contributed by atoms with E-state index in [2.05, 4.69) is 63.8 Å². The van der Waals surface area contributed by atoms with E-state index in [4.69, 9.17) is 10.1 Å². The Bertz CT molecular complexity index is 1190. The number of nitrogens with one attached hydrogen (secondary N) is 1. The standard InChI is InChI=1S/C27H37N5O4.C8H18/c1-5-20(7-6-19(4)25(35)30-13-10-23(33)34)16-32-26(36)24(22-14-28-17-29-15-22)31-27(32)11-8-21(9-12-27)18(2)3;1-7(2)6-8(3,4)5/h5-7,14-15,17-19,21H,8-13,16H2,1-4H3,(H,30,35)(H,33,34);7H,6H2,1-5H3/b7-6-,20-5+;. The summed E-state index contributed by atoms with van der Waals surface area (Å²) in [7, 11) is 0. The summed E-state index contributed by atoms with van der Waals surface area (Å²) in [5.74, 6) is 0.301. The molecule has 2 heterocycles. The minimum atomic E-state index is -0.954. The maximum Gasteiger partial charge on any atom is 0.305 e. The molecule has 1 aromatic heterocycles. The second kappa shape index (κ2) is 16.6. The van der Waals surface area contributed by atoms with Crippen LogP contribution in [0, 0.1) is 29.1 Å². The van der Waals surface area contributed by atoms with E-state index < -0.39 is 17.6 Å². The Kier molecular flexibility index (Phi) is 13.9. The number of aliphatic imine (C=N–C) groups is 1. The van der Waals surface area contributed by atoms with E-state index in [1.807, 2.05) is 24.0 Å². The molecule has 1 fully saturated rings. The van der Waals surface area contributed by atoms with Gasteiger partial charge in [0.05, 0.1) is 12.3 Å². The monoisotopic (exact) mass is 609 g/mol. The van der Waals surface area contributed by atoms with Crippen LogP contribution < -0.4 is 5.32 Å². The predicted octanol–water partition coefficient (Wildman–Crippen LogP) is 6.46. The molecule has 1 aliphatic carbocycles. The number of carbonyl (C=O) groups is 3. The normalized spacial score (nSPS) is 21.5. The highest BCUT2D eigenvalue weighted by Gasteiger charge is 2.49. The first kappa shape index (κ1) is 36.8. The smallest absolute Gasteiger partial charge is 0.305 e. The highest BCUT2D eigenvalue weighted by atomic mass is 16.4. The summed E-state index contributed by atoms with van der Waals surface area (Å²) in [6.45, 7) is 20.0. The molecule has 2 amide bonds. The summed E-state index contributed by atoms with van der Waals surface area (Å²) < 4.78 is 0. The van der Waals surface area contributed by atoms with Crippen molar-refractivity contribution in [1.29, 1.82) is 0 Å². The number of hydrogen-bond donors (Lipinski definition) is 2. The van der Waals surface area contributed by atoms with Gasteiger partial charge in [-0.2, -0.15) is 0 Å². The van der Waals surface area contributed by atoms with Gasteiger partial charge in [0.2, 0.25) is 5.91 Å². The Labute approximate surface area is 264 Å². The number of hydrogen-bond acceptors (Lipinski definition) is 6. The molecule has 0 radical (unpaired) electrons. The predicted molar refractivity (Wildman–Crippen MR) is 176 cm³/mol. The number of nitrogens with zero attached hydrogens (tertiary/aromatic N) is 4. The number of carboxylic acids is 1. The quantitative estimate of drug-likeness (QED) is 0.278. The Morgan fingerprint density at radius 2 is 1.73 bits per heavy atom. The van der Waals surface area contributed by atoms with Gasteiger partial charge in [0.1, 0.15) is 17.7 Å². The number of amides is 2. The van der Waals surface area contributed by atoms with Crippen molar-refractivity contribution >= 4 is 23.5 Å². The lowest BCUT2D eigenvalue weighted by Crippen LogP contribution is -2.50. The van der Waals surface area contributed by atoms with Crippen LogP contribution in [0.1, 0.15) is 106 Å². The second-order valence-corrected chi connectivity index (χ2v) is 14.1. The molecule has 3 rings (SSSR count). The van der Waals surface area contributed by atoms with E-state index >= 15 is 0 Å². The molecule has 244 valence electrons. The SMILES string of the molecule is C/C=C(\C=C/C(C)C(=O)NCCC(=O)O)CN1C(=O)C(c2cncnc2)=NC12CCC(C(C)C)CC2.CC(C)CC(C)(C)C. The summed E-state index contributed by atoms with van der Waals surface area (Å²) in [4.78, 5) is 51.6. The number of rotatable bonds is 11. The van der Waals surface area contributed by atoms with Gasteiger partial charge in [-0.05, 0) is 67.8 Å². The topological polar surface area (TPSA) is 125 Å². The Morgan fingerprint density at radius 1 is 1.11 bits per heavy atom. The molecule has 1 saturated carbocycles. The van der Waals surface area contributed by atoms with Crippen molar-refractivity contribution in [2.24, 2.45) is 34.1 Å². The van der Waals surface area contributed by atoms with Crippen LogP contribution in [0.15, 0.2) is 47.5 Å².